The van der Waals surface area contributed by atoms with E-state index < -0.39 is 5.60 Å². The van der Waals surface area contributed by atoms with Crippen LogP contribution in [0.4, 0.5) is 4.79 Å². The first kappa shape index (κ1) is 16.4. The molecule has 0 radical (unpaired) electrons. The predicted octanol–water partition coefficient (Wildman–Crippen LogP) is 4.27. The molecule has 2 atom stereocenters. The summed E-state index contributed by atoms with van der Waals surface area (Å²) in [6.45, 7) is 8.52. The van der Waals surface area contributed by atoms with Crippen LogP contribution in [0.5, 0.6) is 0 Å². The summed E-state index contributed by atoms with van der Waals surface area (Å²) >= 11 is 0. The summed E-state index contributed by atoms with van der Waals surface area (Å²) in [5, 5.41) is 8.91. The number of nitrogens with zero attached hydrogens (tertiary/aromatic N) is 2. The topological polar surface area (TPSA) is 53.3 Å². The highest BCUT2D eigenvalue weighted by Gasteiger charge is 2.33. The van der Waals surface area contributed by atoms with E-state index in [4.69, 9.17) is 10.00 Å². The summed E-state index contributed by atoms with van der Waals surface area (Å²) < 4.78 is 5.56. The minimum Gasteiger partial charge on any atom is -0.444 e. The minimum atomic E-state index is -0.493. The van der Waals surface area contributed by atoms with Crippen molar-refractivity contribution in [3.8, 4) is 6.07 Å². The highest BCUT2D eigenvalue weighted by molar-refractivity contribution is 5.69. The maximum atomic E-state index is 12.5. The molecule has 4 nitrogen and oxygen atoms in total. The molecular weight excluding hydrogens is 276 g/mol. The van der Waals surface area contributed by atoms with Gasteiger partial charge in [-0.2, -0.15) is 5.26 Å². The maximum Gasteiger partial charge on any atom is 0.410 e. The highest BCUT2D eigenvalue weighted by Crippen LogP contribution is 2.34. The number of piperidine rings is 1. The van der Waals surface area contributed by atoms with Gasteiger partial charge in [0.15, 0.2) is 0 Å². The lowest BCUT2D eigenvalue weighted by Gasteiger charge is -2.39. The number of likely N-dealkylation sites (tertiary alicyclic amines) is 1. The second-order valence-corrected chi connectivity index (χ2v) is 7.06. The fourth-order valence-electron chi connectivity index (χ4n) is 2.80. The standard InChI is InChI=1S/C18H24N2O2/c1-13-5-10-16(15-8-6-14(11-19)7-9-15)20(12-13)17(21)22-18(2,3)4/h6-9,13,16H,5,10,12H2,1-4H3. The molecule has 0 saturated carbocycles. The Bertz CT molecular complexity index is 566. The summed E-state index contributed by atoms with van der Waals surface area (Å²) in [4.78, 5) is 14.4. The van der Waals surface area contributed by atoms with Crippen molar-refractivity contribution in [2.24, 2.45) is 5.92 Å². The Balaban J connectivity index is 2.22. The maximum absolute atomic E-state index is 12.5. The number of ether oxygens (including phenoxy) is 1. The molecule has 1 fully saturated rings. The zero-order valence-corrected chi connectivity index (χ0v) is 13.8. The van der Waals surface area contributed by atoms with Gasteiger partial charge < -0.3 is 9.64 Å². The van der Waals surface area contributed by atoms with Gasteiger partial charge in [-0.05, 0) is 57.2 Å². The molecule has 1 aliphatic rings. The molecule has 0 spiro atoms. The van der Waals surface area contributed by atoms with E-state index >= 15 is 0 Å². The molecule has 0 aliphatic carbocycles. The third-order valence-corrected chi connectivity index (χ3v) is 3.87. The number of benzene rings is 1. The number of amides is 1. The van der Waals surface area contributed by atoms with Gasteiger partial charge >= 0.3 is 6.09 Å². The van der Waals surface area contributed by atoms with Crippen molar-refractivity contribution < 1.29 is 9.53 Å². The Labute approximate surface area is 132 Å². The molecule has 22 heavy (non-hydrogen) atoms. The number of hydrogen-bond acceptors (Lipinski definition) is 3. The normalized spacial score (nSPS) is 22.0. The van der Waals surface area contributed by atoms with E-state index in [2.05, 4.69) is 13.0 Å². The van der Waals surface area contributed by atoms with Crippen LogP contribution in [0.1, 0.15) is 57.7 Å². The molecule has 0 aromatic heterocycles. The molecule has 2 unspecified atom stereocenters. The Morgan fingerprint density at radius 2 is 1.91 bits per heavy atom. The van der Waals surface area contributed by atoms with Gasteiger partial charge in [0.25, 0.3) is 0 Å². The third-order valence-electron chi connectivity index (χ3n) is 3.87. The first-order chi connectivity index (χ1) is 10.3. The molecule has 1 aliphatic heterocycles. The summed E-state index contributed by atoms with van der Waals surface area (Å²) in [5.74, 6) is 0.474. The molecule has 2 rings (SSSR count). The third kappa shape index (κ3) is 4.00. The predicted molar refractivity (Wildman–Crippen MR) is 85.2 cm³/mol. The zero-order chi connectivity index (χ0) is 16.3. The van der Waals surface area contributed by atoms with Crippen molar-refractivity contribution in [3.63, 3.8) is 0 Å². The van der Waals surface area contributed by atoms with Gasteiger partial charge in [0.05, 0.1) is 17.7 Å². The lowest BCUT2D eigenvalue weighted by atomic mass is 9.90. The quantitative estimate of drug-likeness (QED) is 0.778. The second kappa shape index (κ2) is 6.39. The van der Waals surface area contributed by atoms with E-state index in [0.29, 0.717) is 18.0 Å². The van der Waals surface area contributed by atoms with Gasteiger partial charge in [0.1, 0.15) is 5.60 Å². The van der Waals surface area contributed by atoms with E-state index in [1.165, 1.54) is 0 Å². The molecule has 1 heterocycles. The number of hydrogen-bond donors (Lipinski definition) is 0. The molecule has 1 amide bonds. The molecule has 0 N–H and O–H groups in total. The van der Waals surface area contributed by atoms with Crippen LogP contribution in [0.3, 0.4) is 0 Å². The first-order valence-corrected chi connectivity index (χ1v) is 7.80. The van der Waals surface area contributed by atoms with Crippen LogP contribution in [0.2, 0.25) is 0 Å². The van der Waals surface area contributed by atoms with Gasteiger partial charge in [0, 0.05) is 6.54 Å². The van der Waals surface area contributed by atoms with E-state index in [1.54, 1.807) is 12.1 Å². The van der Waals surface area contributed by atoms with Crippen LogP contribution < -0.4 is 0 Å². The van der Waals surface area contributed by atoms with Crippen LogP contribution in [-0.2, 0) is 4.74 Å². The Hall–Kier alpha value is -2.02. The van der Waals surface area contributed by atoms with Crippen LogP contribution in [0.25, 0.3) is 0 Å². The fourth-order valence-corrected chi connectivity index (χ4v) is 2.80. The van der Waals surface area contributed by atoms with Crippen molar-refractivity contribution >= 4 is 6.09 Å². The van der Waals surface area contributed by atoms with Crippen LogP contribution in [0, 0.1) is 17.2 Å². The molecule has 4 heteroatoms. The summed E-state index contributed by atoms with van der Waals surface area (Å²) in [7, 11) is 0. The Kier molecular flexibility index (Phi) is 4.75. The fraction of sp³-hybridized carbons (Fsp3) is 0.556. The highest BCUT2D eigenvalue weighted by atomic mass is 16.6. The SMILES string of the molecule is CC1CCC(c2ccc(C#N)cc2)N(C(=O)OC(C)(C)C)C1. The van der Waals surface area contributed by atoms with E-state index in [-0.39, 0.29) is 12.1 Å². The Morgan fingerprint density at radius 1 is 1.27 bits per heavy atom. The van der Waals surface area contributed by atoms with Gasteiger partial charge in [-0.15, -0.1) is 0 Å². The molecule has 0 bridgehead atoms. The van der Waals surface area contributed by atoms with Crippen LogP contribution in [0.15, 0.2) is 24.3 Å². The number of carbonyl (C=O) groups excluding carboxylic acids is 1. The number of nitriles is 1. The lowest BCUT2D eigenvalue weighted by Crippen LogP contribution is -2.44. The minimum absolute atomic E-state index is 0.0267. The number of rotatable bonds is 1. The monoisotopic (exact) mass is 300 g/mol. The molecule has 1 saturated heterocycles. The van der Waals surface area contributed by atoms with Gasteiger partial charge in [-0.1, -0.05) is 19.1 Å². The average Bonchev–Trinajstić information content (AvgIpc) is 2.45. The molecule has 1 aromatic rings. The van der Waals surface area contributed by atoms with E-state index in [0.717, 1.165) is 18.4 Å². The Morgan fingerprint density at radius 3 is 2.45 bits per heavy atom. The summed E-state index contributed by atoms with van der Waals surface area (Å²) in [6.07, 6.45) is 1.75. The van der Waals surface area contributed by atoms with E-state index in [1.807, 2.05) is 37.8 Å². The van der Waals surface area contributed by atoms with Crippen molar-refractivity contribution in [3.05, 3.63) is 35.4 Å². The number of carbonyl (C=O) groups is 1. The van der Waals surface area contributed by atoms with Crippen LogP contribution in [-0.4, -0.2) is 23.1 Å². The van der Waals surface area contributed by atoms with Crippen molar-refractivity contribution in [1.82, 2.24) is 4.90 Å². The smallest absolute Gasteiger partial charge is 0.410 e. The largest absolute Gasteiger partial charge is 0.444 e. The van der Waals surface area contributed by atoms with Gasteiger partial charge in [0.2, 0.25) is 0 Å². The average molecular weight is 300 g/mol. The van der Waals surface area contributed by atoms with Crippen LogP contribution >= 0.6 is 0 Å². The van der Waals surface area contributed by atoms with E-state index in [9.17, 15) is 4.79 Å². The van der Waals surface area contributed by atoms with Crippen molar-refractivity contribution in [1.29, 1.82) is 5.26 Å². The summed E-state index contributed by atoms with van der Waals surface area (Å²) in [6, 6.07) is 9.65. The van der Waals surface area contributed by atoms with Gasteiger partial charge in [-0.25, -0.2) is 4.79 Å². The first-order valence-electron chi connectivity index (χ1n) is 7.80. The zero-order valence-electron chi connectivity index (χ0n) is 13.8. The molecular formula is C18H24N2O2. The second-order valence-electron chi connectivity index (χ2n) is 7.06. The summed E-state index contributed by atoms with van der Waals surface area (Å²) in [5.41, 5.74) is 1.21. The van der Waals surface area contributed by atoms with Crippen molar-refractivity contribution in [2.45, 2.75) is 52.2 Å². The molecule has 118 valence electrons. The van der Waals surface area contributed by atoms with Gasteiger partial charge in [-0.3, -0.25) is 0 Å². The molecule has 1 aromatic carbocycles. The lowest BCUT2D eigenvalue weighted by molar-refractivity contribution is 0.00364. The van der Waals surface area contributed by atoms with Crippen molar-refractivity contribution in [2.75, 3.05) is 6.54 Å².